The molecule has 1 aromatic carbocycles. The summed E-state index contributed by atoms with van der Waals surface area (Å²) in [6.07, 6.45) is 0.987. The van der Waals surface area contributed by atoms with Gasteiger partial charge in [-0.2, -0.15) is 0 Å². The molecule has 0 radical (unpaired) electrons. The van der Waals surface area contributed by atoms with Gasteiger partial charge in [-0.25, -0.2) is 0 Å². The Morgan fingerprint density at radius 3 is 2.52 bits per heavy atom. The number of rotatable bonds is 5. The first kappa shape index (κ1) is 16.9. The van der Waals surface area contributed by atoms with E-state index in [0.29, 0.717) is 24.3 Å². The Kier molecular flexibility index (Phi) is 4.92. The number of amides is 1. The van der Waals surface area contributed by atoms with Crippen LogP contribution in [0, 0.1) is 17.0 Å². The van der Waals surface area contributed by atoms with Gasteiger partial charge in [0.1, 0.15) is 5.69 Å². The molecule has 0 aliphatic carbocycles. The zero-order valence-corrected chi connectivity index (χ0v) is 13.9. The Balaban J connectivity index is 1.95. The molecule has 2 aromatic rings. The van der Waals surface area contributed by atoms with Crippen LogP contribution in [0.2, 0.25) is 0 Å². The molecular weight excluding hydrogens is 322 g/mol. The fourth-order valence-electron chi connectivity index (χ4n) is 2.87. The fourth-order valence-corrected chi connectivity index (χ4v) is 2.87. The molecule has 25 heavy (non-hydrogen) atoms. The average Bonchev–Trinajstić information content (AvgIpc) is 3.15. The van der Waals surface area contributed by atoms with E-state index in [4.69, 9.17) is 4.74 Å². The van der Waals surface area contributed by atoms with Crippen LogP contribution in [0.1, 0.15) is 30.2 Å². The third-order valence-corrected chi connectivity index (χ3v) is 4.14. The quantitative estimate of drug-likeness (QED) is 0.616. The van der Waals surface area contributed by atoms with E-state index in [2.05, 4.69) is 4.98 Å². The smallest absolute Gasteiger partial charge is 0.406 e. The number of benzene rings is 1. The standard InChI is InChI=1S/C18H19N3O4/c1-13-9-10-15(17(19-13)21(23)24)25-16(14-7-3-2-4-8-14)18(22)20-11-5-6-12-20/h2-4,7-10,16H,5-6,11-12H2,1H3/t16-/m0/s1. The van der Waals surface area contributed by atoms with E-state index in [9.17, 15) is 14.9 Å². The summed E-state index contributed by atoms with van der Waals surface area (Å²) in [4.78, 5) is 29.3. The van der Waals surface area contributed by atoms with Gasteiger partial charge in [-0.1, -0.05) is 30.3 Å². The predicted molar refractivity (Wildman–Crippen MR) is 91.3 cm³/mol. The summed E-state index contributed by atoms with van der Waals surface area (Å²) in [5.41, 5.74) is 1.18. The Morgan fingerprint density at radius 2 is 1.88 bits per heavy atom. The highest BCUT2D eigenvalue weighted by molar-refractivity contribution is 5.83. The molecule has 1 aliphatic heterocycles. The van der Waals surface area contributed by atoms with Crippen LogP contribution in [0.5, 0.6) is 5.75 Å². The van der Waals surface area contributed by atoms with Crippen LogP contribution in [0.15, 0.2) is 42.5 Å². The first-order valence-corrected chi connectivity index (χ1v) is 8.18. The third-order valence-electron chi connectivity index (χ3n) is 4.14. The number of carbonyl (C=O) groups excluding carboxylic acids is 1. The number of aryl methyl sites for hydroxylation is 1. The topological polar surface area (TPSA) is 85.6 Å². The lowest BCUT2D eigenvalue weighted by atomic mass is 10.1. The maximum atomic E-state index is 12.9. The van der Waals surface area contributed by atoms with Crippen molar-refractivity contribution in [1.29, 1.82) is 0 Å². The van der Waals surface area contributed by atoms with E-state index in [0.717, 1.165) is 12.8 Å². The summed E-state index contributed by atoms with van der Waals surface area (Å²) >= 11 is 0. The van der Waals surface area contributed by atoms with Gasteiger partial charge in [0.25, 0.3) is 5.91 Å². The highest BCUT2D eigenvalue weighted by atomic mass is 16.6. The van der Waals surface area contributed by atoms with Crippen molar-refractivity contribution in [3.05, 3.63) is 63.8 Å². The van der Waals surface area contributed by atoms with E-state index in [1.807, 2.05) is 18.2 Å². The minimum Gasteiger partial charge on any atom is -0.467 e. The predicted octanol–water partition coefficient (Wildman–Crippen LogP) is 3.04. The Bertz CT molecular complexity index is 773. The zero-order chi connectivity index (χ0) is 17.8. The monoisotopic (exact) mass is 341 g/mol. The molecule has 7 nitrogen and oxygen atoms in total. The number of likely N-dealkylation sites (tertiary alicyclic amines) is 1. The molecule has 1 aliphatic rings. The number of aromatic nitrogens is 1. The average molecular weight is 341 g/mol. The molecule has 3 rings (SSSR count). The normalized spacial score (nSPS) is 15.0. The fraction of sp³-hybridized carbons (Fsp3) is 0.333. The van der Waals surface area contributed by atoms with Crippen molar-refractivity contribution in [2.45, 2.75) is 25.9 Å². The number of hydrogen-bond acceptors (Lipinski definition) is 5. The van der Waals surface area contributed by atoms with Crippen molar-refractivity contribution in [2.75, 3.05) is 13.1 Å². The molecular formula is C18H19N3O4. The molecule has 0 saturated carbocycles. The lowest BCUT2D eigenvalue weighted by Crippen LogP contribution is -2.35. The molecule has 0 spiro atoms. The van der Waals surface area contributed by atoms with Gasteiger partial charge in [-0.3, -0.25) is 4.79 Å². The van der Waals surface area contributed by atoms with Crippen LogP contribution in [0.25, 0.3) is 0 Å². The molecule has 1 fully saturated rings. The molecule has 0 unspecified atom stereocenters. The number of pyridine rings is 1. The van der Waals surface area contributed by atoms with Crippen LogP contribution < -0.4 is 4.74 Å². The highest BCUT2D eigenvalue weighted by Crippen LogP contribution is 2.31. The minimum atomic E-state index is -0.928. The van der Waals surface area contributed by atoms with Gasteiger partial charge in [-0.05, 0) is 34.9 Å². The maximum Gasteiger partial charge on any atom is 0.406 e. The minimum absolute atomic E-state index is 0.00278. The summed E-state index contributed by atoms with van der Waals surface area (Å²) in [5.74, 6) is -0.564. The third kappa shape index (κ3) is 3.76. The van der Waals surface area contributed by atoms with Crippen molar-refractivity contribution in [1.82, 2.24) is 9.88 Å². The molecule has 7 heteroatoms. The highest BCUT2D eigenvalue weighted by Gasteiger charge is 2.31. The van der Waals surface area contributed by atoms with Crippen LogP contribution in [-0.2, 0) is 4.79 Å². The summed E-state index contributed by atoms with van der Waals surface area (Å²) in [7, 11) is 0. The lowest BCUT2D eigenvalue weighted by molar-refractivity contribution is -0.390. The molecule has 1 saturated heterocycles. The van der Waals surface area contributed by atoms with Crippen molar-refractivity contribution in [3.63, 3.8) is 0 Å². The SMILES string of the molecule is Cc1ccc(O[C@H](C(=O)N2CCCC2)c2ccccc2)c([N+](=O)[O-])n1. The van der Waals surface area contributed by atoms with E-state index in [-0.39, 0.29) is 17.5 Å². The first-order chi connectivity index (χ1) is 12.1. The maximum absolute atomic E-state index is 12.9. The summed E-state index contributed by atoms with van der Waals surface area (Å²) < 4.78 is 5.83. The second kappa shape index (κ2) is 7.29. The number of hydrogen-bond donors (Lipinski definition) is 0. The number of nitrogens with zero attached hydrogens (tertiary/aromatic N) is 3. The molecule has 130 valence electrons. The van der Waals surface area contributed by atoms with Gasteiger partial charge < -0.3 is 19.8 Å². The number of nitro groups is 1. The van der Waals surface area contributed by atoms with Crippen LogP contribution in [0.4, 0.5) is 5.82 Å². The van der Waals surface area contributed by atoms with E-state index >= 15 is 0 Å². The van der Waals surface area contributed by atoms with Crippen molar-refractivity contribution in [2.24, 2.45) is 0 Å². The van der Waals surface area contributed by atoms with E-state index < -0.39 is 11.0 Å². The molecule has 2 heterocycles. The van der Waals surface area contributed by atoms with Gasteiger partial charge in [0.2, 0.25) is 11.9 Å². The second-order valence-electron chi connectivity index (χ2n) is 5.97. The van der Waals surface area contributed by atoms with E-state index in [1.165, 1.54) is 6.07 Å². The summed E-state index contributed by atoms with van der Waals surface area (Å²) in [6, 6.07) is 12.2. The largest absolute Gasteiger partial charge is 0.467 e. The molecule has 0 bridgehead atoms. The van der Waals surface area contributed by atoms with Gasteiger partial charge >= 0.3 is 5.82 Å². The number of carbonyl (C=O) groups is 1. The van der Waals surface area contributed by atoms with Crippen LogP contribution >= 0.6 is 0 Å². The van der Waals surface area contributed by atoms with Crippen LogP contribution in [-0.4, -0.2) is 33.8 Å². The first-order valence-electron chi connectivity index (χ1n) is 8.18. The molecule has 1 atom stereocenters. The molecule has 1 amide bonds. The Labute approximate surface area is 145 Å². The summed E-state index contributed by atoms with van der Waals surface area (Å²) in [5, 5.41) is 11.3. The van der Waals surface area contributed by atoms with Gasteiger partial charge in [0.05, 0.1) is 0 Å². The molecule has 1 aromatic heterocycles. The Morgan fingerprint density at radius 1 is 1.20 bits per heavy atom. The van der Waals surface area contributed by atoms with Gasteiger partial charge in [0.15, 0.2) is 0 Å². The summed E-state index contributed by atoms with van der Waals surface area (Å²) in [6.45, 7) is 3.03. The van der Waals surface area contributed by atoms with Crippen LogP contribution in [0.3, 0.4) is 0 Å². The van der Waals surface area contributed by atoms with Crippen molar-refractivity contribution in [3.8, 4) is 5.75 Å². The lowest BCUT2D eigenvalue weighted by Gasteiger charge is -2.24. The van der Waals surface area contributed by atoms with E-state index in [1.54, 1.807) is 30.0 Å². The second-order valence-corrected chi connectivity index (χ2v) is 5.97. The molecule has 0 N–H and O–H groups in total. The zero-order valence-electron chi connectivity index (χ0n) is 13.9. The van der Waals surface area contributed by atoms with Gasteiger partial charge in [0, 0.05) is 25.6 Å². The number of ether oxygens (including phenoxy) is 1. The van der Waals surface area contributed by atoms with Crippen molar-refractivity contribution < 1.29 is 14.5 Å². The Hall–Kier alpha value is -2.96. The van der Waals surface area contributed by atoms with Gasteiger partial charge in [-0.15, -0.1) is 0 Å². The van der Waals surface area contributed by atoms with Crippen molar-refractivity contribution >= 4 is 11.7 Å².